The molecule has 0 saturated heterocycles. The van der Waals surface area contributed by atoms with Crippen molar-refractivity contribution in [3.8, 4) is 5.75 Å². The maximum atomic E-state index is 14.0. The number of methoxy groups -OCH3 is 1. The van der Waals surface area contributed by atoms with Crippen LogP contribution in [-0.2, 0) is 10.8 Å². The molecule has 0 unspecified atom stereocenters. The normalized spacial score (nSPS) is 12.3. The van der Waals surface area contributed by atoms with E-state index in [1.165, 1.54) is 5.01 Å². The average Bonchev–Trinajstić information content (AvgIpc) is 2.81. The molecule has 7 heteroatoms. The number of aryl methyl sites for hydroxylation is 1. The van der Waals surface area contributed by atoms with Crippen LogP contribution in [0.4, 0.5) is 0 Å². The van der Waals surface area contributed by atoms with Gasteiger partial charge in [0.2, 0.25) is 0 Å². The van der Waals surface area contributed by atoms with Crippen LogP contribution in [0.25, 0.3) is 0 Å². The van der Waals surface area contributed by atoms with Gasteiger partial charge in [-0.05, 0) is 81.6 Å². The van der Waals surface area contributed by atoms with Crippen LogP contribution in [-0.4, -0.2) is 44.4 Å². The van der Waals surface area contributed by atoms with Crippen molar-refractivity contribution in [2.45, 2.75) is 85.5 Å². The summed E-state index contributed by atoms with van der Waals surface area (Å²) < 4.78 is 12.0. The van der Waals surface area contributed by atoms with Crippen LogP contribution >= 0.6 is 0 Å². The summed E-state index contributed by atoms with van der Waals surface area (Å²) in [5, 5.41) is 1.47. The van der Waals surface area contributed by atoms with Gasteiger partial charge >= 0.3 is 0 Å². The van der Waals surface area contributed by atoms with Crippen molar-refractivity contribution in [3.63, 3.8) is 0 Å². The topological polar surface area (TPSA) is 67.9 Å². The van der Waals surface area contributed by atoms with Gasteiger partial charge in [-0.2, -0.15) is 0 Å². The van der Waals surface area contributed by atoms with Gasteiger partial charge in [-0.3, -0.25) is 15.0 Å². The van der Waals surface area contributed by atoms with Gasteiger partial charge in [0, 0.05) is 16.7 Å². The van der Waals surface area contributed by atoms with Crippen molar-refractivity contribution in [2.24, 2.45) is 0 Å². The fourth-order valence-electron chi connectivity index (χ4n) is 3.71. The minimum atomic E-state index is -2.09. The van der Waals surface area contributed by atoms with E-state index in [1.807, 2.05) is 52.8 Å². The van der Waals surface area contributed by atoms with Crippen LogP contribution in [0.5, 0.6) is 5.75 Å². The second kappa shape index (κ2) is 11.2. The lowest BCUT2D eigenvalue weighted by Crippen LogP contribution is -2.60. The number of ether oxygens (including phenoxy) is 1. The van der Waals surface area contributed by atoms with Crippen molar-refractivity contribution in [3.05, 3.63) is 64.2 Å². The van der Waals surface area contributed by atoms with E-state index < -0.39 is 13.9 Å². The molecule has 0 aliphatic rings. The molecule has 2 aromatic carbocycles. The predicted molar refractivity (Wildman–Crippen MR) is 149 cm³/mol. The molecule has 2 aromatic rings. The highest BCUT2D eigenvalue weighted by Crippen LogP contribution is 2.37. The van der Waals surface area contributed by atoms with Crippen LogP contribution in [0.3, 0.4) is 0 Å². The molecule has 0 atom stereocenters. The standard InChI is InChI=1S/C29H44N2O4Si/c1-12-22-24(17-14-18-25(22)34-9)26(32)30-31(27(33)23-16-13-15-20(2)21(23)3)29(7,8)19-35-36(10,11)28(4,5)6/h13-18H,12,19H2,1-11H3,(H,30,32). The maximum absolute atomic E-state index is 14.0. The van der Waals surface area contributed by atoms with Gasteiger partial charge in [-0.15, -0.1) is 0 Å². The first-order chi connectivity index (χ1) is 16.6. The Kier molecular flexibility index (Phi) is 9.18. The molecule has 2 amide bonds. The molecule has 0 bridgehead atoms. The van der Waals surface area contributed by atoms with E-state index in [0.29, 0.717) is 29.9 Å². The lowest BCUT2D eigenvalue weighted by atomic mass is 9.99. The lowest BCUT2D eigenvalue weighted by molar-refractivity contribution is 0.0160. The minimum Gasteiger partial charge on any atom is -0.496 e. The van der Waals surface area contributed by atoms with Gasteiger partial charge in [0.25, 0.3) is 11.8 Å². The SMILES string of the molecule is CCc1c(OC)cccc1C(=O)NN(C(=O)c1cccc(C)c1C)C(C)(C)CO[Si](C)(C)C(C)(C)C. The molecule has 0 saturated carbocycles. The number of benzene rings is 2. The smallest absolute Gasteiger partial charge is 0.273 e. The number of hydrogen-bond donors (Lipinski definition) is 1. The predicted octanol–water partition coefficient (Wildman–Crippen LogP) is 6.46. The van der Waals surface area contributed by atoms with E-state index in [0.717, 1.165) is 16.7 Å². The monoisotopic (exact) mass is 512 g/mol. The van der Waals surface area contributed by atoms with Crippen molar-refractivity contribution in [2.75, 3.05) is 13.7 Å². The molecule has 0 heterocycles. The number of hydrogen-bond acceptors (Lipinski definition) is 4. The Morgan fingerprint density at radius 2 is 1.56 bits per heavy atom. The first kappa shape index (κ1) is 29.6. The molecular formula is C29H44N2O4Si. The molecule has 0 aliphatic carbocycles. The van der Waals surface area contributed by atoms with Crippen LogP contribution in [0.2, 0.25) is 18.1 Å². The summed E-state index contributed by atoms with van der Waals surface area (Å²) >= 11 is 0. The Balaban J connectivity index is 2.52. The van der Waals surface area contributed by atoms with Crippen LogP contribution in [0, 0.1) is 13.8 Å². The highest BCUT2D eigenvalue weighted by atomic mass is 28.4. The highest BCUT2D eigenvalue weighted by molar-refractivity contribution is 6.74. The minimum absolute atomic E-state index is 0.0188. The summed E-state index contributed by atoms with van der Waals surface area (Å²) in [6.07, 6.45) is 0.621. The van der Waals surface area contributed by atoms with E-state index in [1.54, 1.807) is 25.3 Å². The number of nitrogens with zero attached hydrogens (tertiary/aromatic N) is 1. The van der Waals surface area contributed by atoms with Crippen LogP contribution < -0.4 is 10.2 Å². The second-order valence-electron chi connectivity index (χ2n) is 11.5. The molecule has 6 nitrogen and oxygen atoms in total. The Morgan fingerprint density at radius 1 is 0.972 bits per heavy atom. The summed E-state index contributed by atoms with van der Waals surface area (Å²) in [5.74, 6) is 0.0252. The first-order valence-corrected chi connectivity index (χ1v) is 15.5. The molecular weight excluding hydrogens is 468 g/mol. The quantitative estimate of drug-likeness (QED) is 0.325. The average molecular weight is 513 g/mol. The molecule has 198 valence electrons. The van der Waals surface area contributed by atoms with Crippen LogP contribution in [0.15, 0.2) is 36.4 Å². The Hall–Kier alpha value is -2.64. The van der Waals surface area contributed by atoms with Gasteiger partial charge in [-0.1, -0.05) is 45.9 Å². The van der Waals surface area contributed by atoms with Crippen molar-refractivity contribution in [1.82, 2.24) is 10.4 Å². The zero-order valence-corrected chi connectivity index (χ0v) is 25.0. The zero-order valence-electron chi connectivity index (χ0n) is 24.0. The van der Waals surface area contributed by atoms with Gasteiger partial charge < -0.3 is 9.16 Å². The molecule has 0 aliphatic heterocycles. The van der Waals surface area contributed by atoms with E-state index in [9.17, 15) is 9.59 Å². The van der Waals surface area contributed by atoms with Gasteiger partial charge in [0.05, 0.1) is 19.3 Å². The third-order valence-corrected chi connectivity index (χ3v) is 11.9. The van der Waals surface area contributed by atoms with E-state index in [4.69, 9.17) is 9.16 Å². The number of hydrazine groups is 1. The van der Waals surface area contributed by atoms with E-state index in [2.05, 4.69) is 39.3 Å². The fourth-order valence-corrected chi connectivity index (χ4v) is 4.86. The number of nitrogens with one attached hydrogen (secondary N) is 1. The molecule has 2 rings (SSSR count). The Morgan fingerprint density at radius 3 is 2.11 bits per heavy atom. The maximum Gasteiger partial charge on any atom is 0.273 e. The zero-order chi connectivity index (χ0) is 27.5. The largest absolute Gasteiger partial charge is 0.496 e. The van der Waals surface area contributed by atoms with Gasteiger partial charge in [-0.25, -0.2) is 5.01 Å². The van der Waals surface area contributed by atoms with Crippen LogP contribution in [0.1, 0.15) is 78.9 Å². The summed E-state index contributed by atoms with van der Waals surface area (Å²) in [4.78, 5) is 27.6. The highest BCUT2D eigenvalue weighted by Gasteiger charge is 2.41. The van der Waals surface area contributed by atoms with Crippen molar-refractivity contribution < 1.29 is 18.8 Å². The summed E-state index contributed by atoms with van der Waals surface area (Å²) in [6.45, 7) is 20.9. The second-order valence-corrected chi connectivity index (χ2v) is 16.3. The number of amides is 2. The fraction of sp³-hybridized carbons (Fsp3) is 0.517. The number of carbonyl (C=O) groups excluding carboxylic acids is 2. The molecule has 0 fully saturated rings. The molecule has 0 spiro atoms. The molecule has 1 N–H and O–H groups in total. The summed E-state index contributed by atoms with van der Waals surface area (Å²) in [7, 11) is -0.502. The number of carbonyl (C=O) groups is 2. The van der Waals surface area contributed by atoms with Gasteiger partial charge in [0.1, 0.15) is 5.75 Å². The summed E-state index contributed by atoms with van der Waals surface area (Å²) in [6, 6.07) is 11.0. The van der Waals surface area contributed by atoms with E-state index in [-0.39, 0.29) is 16.9 Å². The van der Waals surface area contributed by atoms with Crippen molar-refractivity contribution in [1.29, 1.82) is 0 Å². The Bertz CT molecular complexity index is 1100. The number of rotatable bonds is 8. The molecule has 0 radical (unpaired) electrons. The van der Waals surface area contributed by atoms with Crippen molar-refractivity contribution >= 4 is 20.1 Å². The lowest BCUT2D eigenvalue weighted by Gasteiger charge is -2.43. The Labute approximate surface area is 218 Å². The third-order valence-electron chi connectivity index (χ3n) is 7.40. The summed E-state index contributed by atoms with van der Waals surface area (Å²) in [5.41, 5.74) is 5.87. The van der Waals surface area contributed by atoms with E-state index >= 15 is 0 Å². The molecule has 36 heavy (non-hydrogen) atoms. The third kappa shape index (κ3) is 6.37. The molecule has 0 aromatic heterocycles. The first-order valence-electron chi connectivity index (χ1n) is 12.6. The van der Waals surface area contributed by atoms with Gasteiger partial charge in [0.15, 0.2) is 8.32 Å².